The molecule has 1 aliphatic rings. The standard InChI is InChI=1S/C17H22BNO5/c1-5-17(3,4)23-15(20)10-14-16-11(2)8-12(22-7-6-19)9-13(16)18(21)24-14/h8-9,14,21H,5,7,10H2,1-4H3. The zero-order valence-electron chi connectivity index (χ0n) is 14.5. The van der Waals surface area contributed by atoms with Gasteiger partial charge in [-0.15, -0.1) is 0 Å². The highest BCUT2D eigenvalue weighted by Crippen LogP contribution is 2.32. The number of aryl methyl sites for hydroxylation is 1. The third-order valence-electron chi connectivity index (χ3n) is 4.17. The Bertz CT molecular complexity index is 668. The highest BCUT2D eigenvalue weighted by atomic mass is 16.6. The molecular formula is C17H22BNO5. The molecule has 24 heavy (non-hydrogen) atoms. The maximum atomic E-state index is 12.2. The van der Waals surface area contributed by atoms with E-state index in [2.05, 4.69) is 0 Å². The molecular weight excluding hydrogens is 309 g/mol. The van der Waals surface area contributed by atoms with Gasteiger partial charge in [-0.05, 0) is 55.9 Å². The smallest absolute Gasteiger partial charge is 0.479 e. The SMILES string of the molecule is CCC(C)(C)OC(=O)CC1OB(O)c2cc(OCC#N)cc(C)c21. The number of fused-ring (bicyclic) bond motifs is 1. The van der Waals surface area contributed by atoms with Gasteiger partial charge in [0.25, 0.3) is 0 Å². The summed E-state index contributed by atoms with van der Waals surface area (Å²) in [6, 6.07) is 5.31. The number of nitrogens with zero attached hydrogens (tertiary/aromatic N) is 1. The molecule has 0 fully saturated rings. The maximum absolute atomic E-state index is 12.2. The van der Waals surface area contributed by atoms with Crippen LogP contribution in [0.25, 0.3) is 0 Å². The molecule has 1 aliphatic heterocycles. The van der Waals surface area contributed by atoms with Crippen LogP contribution in [0.5, 0.6) is 5.75 Å². The number of hydrogen-bond acceptors (Lipinski definition) is 6. The van der Waals surface area contributed by atoms with Gasteiger partial charge in [-0.3, -0.25) is 4.79 Å². The molecule has 0 aromatic heterocycles. The average molecular weight is 331 g/mol. The largest absolute Gasteiger partial charge is 0.492 e. The second kappa shape index (κ2) is 7.24. The molecule has 128 valence electrons. The van der Waals surface area contributed by atoms with Crippen molar-refractivity contribution in [2.45, 2.75) is 52.2 Å². The second-order valence-electron chi connectivity index (χ2n) is 6.46. The van der Waals surface area contributed by atoms with Crippen LogP contribution in [-0.2, 0) is 14.2 Å². The summed E-state index contributed by atoms with van der Waals surface area (Å²) in [4.78, 5) is 12.2. The summed E-state index contributed by atoms with van der Waals surface area (Å²) in [5, 5.41) is 18.7. The third kappa shape index (κ3) is 4.08. The number of carbonyl (C=O) groups is 1. The van der Waals surface area contributed by atoms with Crippen molar-refractivity contribution >= 4 is 18.6 Å². The van der Waals surface area contributed by atoms with Crippen LogP contribution < -0.4 is 10.2 Å². The van der Waals surface area contributed by atoms with Gasteiger partial charge in [0.1, 0.15) is 17.4 Å². The van der Waals surface area contributed by atoms with E-state index in [-0.39, 0.29) is 19.0 Å². The molecule has 7 heteroatoms. The van der Waals surface area contributed by atoms with E-state index in [0.29, 0.717) is 17.6 Å². The Hall–Kier alpha value is -2.04. The van der Waals surface area contributed by atoms with Crippen molar-refractivity contribution in [3.63, 3.8) is 0 Å². The van der Waals surface area contributed by atoms with E-state index in [0.717, 1.165) is 11.1 Å². The summed E-state index contributed by atoms with van der Waals surface area (Å²) in [6.07, 6.45) is 0.189. The molecule has 1 atom stereocenters. The van der Waals surface area contributed by atoms with Crippen molar-refractivity contribution in [2.75, 3.05) is 6.61 Å². The number of carbonyl (C=O) groups excluding carboxylic acids is 1. The topological polar surface area (TPSA) is 88.8 Å². The molecule has 6 nitrogen and oxygen atoms in total. The summed E-state index contributed by atoms with van der Waals surface area (Å²) in [7, 11) is -1.12. The molecule has 0 saturated heterocycles. The van der Waals surface area contributed by atoms with Gasteiger partial charge in [-0.2, -0.15) is 5.26 Å². The van der Waals surface area contributed by atoms with Gasteiger partial charge in [0.2, 0.25) is 0 Å². The molecule has 1 aromatic carbocycles. The summed E-state index contributed by atoms with van der Waals surface area (Å²) in [5.41, 5.74) is 1.65. The van der Waals surface area contributed by atoms with Crippen LogP contribution in [0, 0.1) is 18.3 Å². The summed E-state index contributed by atoms with van der Waals surface area (Å²) < 4.78 is 16.3. The zero-order valence-corrected chi connectivity index (χ0v) is 14.5. The van der Waals surface area contributed by atoms with Crippen LogP contribution in [0.15, 0.2) is 12.1 Å². The van der Waals surface area contributed by atoms with E-state index in [4.69, 9.17) is 19.4 Å². The summed E-state index contributed by atoms with van der Waals surface area (Å²) in [5.74, 6) is 0.127. The van der Waals surface area contributed by atoms with E-state index in [9.17, 15) is 9.82 Å². The Balaban J connectivity index is 2.18. The first-order valence-corrected chi connectivity index (χ1v) is 7.97. The van der Waals surface area contributed by atoms with E-state index in [1.807, 2.05) is 33.8 Å². The molecule has 0 aliphatic carbocycles. The monoisotopic (exact) mass is 331 g/mol. The molecule has 0 radical (unpaired) electrons. The van der Waals surface area contributed by atoms with Gasteiger partial charge in [-0.1, -0.05) is 6.92 Å². The number of ether oxygens (including phenoxy) is 2. The lowest BCUT2D eigenvalue weighted by Gasteiger charge is -2.24. The molecule has 2 rings (SSSR count). The number of nitriles is 1. The van der Waals surface area contributed by atoms with Gasteiger partial charge in [-0.25, -0.2) is 0 Å². The first-order valence-electron chi connectivity index (χ1n) is 7.97. The molecule has 1 unspecified atom stereocenters. The Labute approximate surface area is 142 Å². The van der Waals surface area contributed by atoms with Crippen molar-refractivity contribution in [2.24, 2.45) is 0 Å². The summed E-state index contributed by atoms with van der Waals surface area (Å²) in [6.45, 7) is 7.44. The highest BCUT2D eigenvalue weighted by Gasteiger charge is 2.38. The minimum absolute atomic E-state index is 0.0345. The number of hydrogen-bond donors (Lipinski definition) is 1. The predicted molar refractivity (Wildman–Crippen MR) is 88.8 cm³/mol. The number of benzene rings is 1. The summed E-state index contributed by atoms with van der Waals surface area (Å²) >= 11 is 0. The Morgan fingerprint density at radius 3 is 2.83 bits per heavy atom. The fraction of sp³-hybridized carbons (Fsp3) is 0.529. The van der Waals surface area contributed by atoms with Crippen LogP contribution in [-0.4, -0.2) is 30.3 Å². The van der Waals surface area contributed by atoms with E-state index < -0.39 is 18.8 Å². The molecule has 0 amide bonds. The molecule has 0 bridgehead atoms. The quantitative estimate of drug-likeness (QED) is 0.631. The van der Waals surface area contributed by atoms with Crippen molar-refractivity contribution in [1.82, 2.24) is 0 Å². The van der Waals surface area contributed by atoms with E-state index in [1.54, 1.807) is 12.1 Å². The van der Waals surface area contributed by atoms with Crippen molar-refractivity contribution in [3.8, 4) is 11.8 Å². The third-order valence-corrected chi connectivity index (χ3v) is 4.17. The van der Waals surface area contributed by atoms with Crippen LogP contribution in [0.4, 0.5) is 0 Å². The average Bonchev–Trinajstić information content (AvgIpc) is 2.81. The fourth-order valence-electron chi connectivity index (χ4n) is 2.66. The van der Waals surface area contributed by atoms with Crippen LogP contribution in [0.1, 0.15) is 50.8 Å². The number of esters is 1. The van der Waals surface area contributed by atoms with Crippen molar-refractivity contribution < 1.29 is 23.9 Å². The van der Waals surface area contributed by atoms with Gasteiger partial charge < -0.3 is 19.2 Å². The maximum Gasteiger partial charge on any atom is 0.492 e. The fourth-order valence-corrected chi connectivity index (χ4v) is 2.66. The lowest BCUT2D eigenvalue weighted by molar-refractivity contribution is -0.158. The van der Waals surface area contributed by atoms with Crippen LogP contribution >= 0.6 is 0 Å². The first kappa shape index (κ1) is 18.3. The molecule has 1 heterocycles. The highest BCUT2D eigenvalue weighted by molar-refractivity contribution is 6.62. The molecule has 0 spiro atoms. The van der Waals surface area contributed by atoms with Crippen molar-refractivity contribution in [1.29, 1.82) is 5.26 Å². The van der Waals surface area contributed by atoms with E-state index >= 15 is 0 Å². The lowest BCUT2D eigenvalue weighted by Crippen LogP contribution is -2.28. The van der Waals surface area contributed by atoms with Gasteiger partial charge >= 0.3 is 13.1 Å². The van der Waals surface area contributed by atoms with E-state index in [1.165, 1.54) is 0 Å². The van der Waals surface area contributed by atoms with Gasteiger partial charge in [0, 0.05) is 0 Å². The van der Waals surface area contributed by atoms with Crippen LogP contribution in [0.3, 0.4) is 0 Å². The second-order valence-corrected chi connectivity index (χ2v) is 6.46. The minimum Gasteiger partial charge on any atom is -0.479 e. The van der Waals surface area contributed by atoms with Gasteiger partial charge in [0.15, 0.2) is 6.61 Å². The normalized spacial score (nSPS) is 16.5. The predicted octanol–water partition coefficient (Wildman–Crippen LogP) is 1.78. The molecule has 1 N–H and O–H groups in total. The van der Waals surface area contributed by atoms with Crippen LogP contribution in [0.2, 0.25) is 0 Å². The Morgan fingerprint density at radius 1 is 1.50 bits per heavy atom. The van der Waals surface area contributed by atoms with Crippen molar-refractivity contribution in [3.05, 3.63) is 23.3 Å². The van der Waals surface area contributed by atoms with Gasteiger partial charge in [0.05, 0.1) is 12.5 Å². The lowest BCUT2D eigenvalue weighted by atomic mass is 9.77. The zero-order chi connectivity index (χ0) is 17.9. The molecule has 0 saturated carbocycles. The first-order chi connectivity index (χ1) is 11.3. The Morgan fingerprint density at radius 2 is 2.21 bits per heavy atom. The minimum atomic E-state index is -1.12. The Kier molecular flexibility index (Phi) is 5.53. The number of rotatable bonds is 6. The molecule has 1 aromatic rings.